The van der Waals surface area contributed by atoms with Crippen LogP contribution in [-0.2, 0) is 29.4 Å². The molecule has 1 N–H and O–H groups in total. The number of halogens is 1. The van der Waals surface area contributed by atoms with E-state index in [1.54, 1.807) is 21.8 Å². The van der Waals surface area contributed by atoms with Crippen molar-refractivity contribution in [2.75, 3.05) is 39.5 Å². The molecule has 0 aliphatic carbocycles. The summed E-state index contributed by atoms with van der Waals surface area (Å²) < 4.78 is 34.9. The number of benzene rings is 1. The van der Waals surface area contributed by atoms with Gasteiger partial charge in [-0.1, -0.05) is 0 Å². The number of ether oxygens (including phenoxy) is 3. The summed E-state index contributed by atoms with van der Waals surface area (Å²) >= 11 is 0. The van der Waals surface area contributed by atoms with Gasteiger partial charge in [0.1, 0.15) is 22.8 Å². The SMILES string of the molecule is Cc1c(CCOc2cc(F)ccc2-c2ccc3ncc(CCNC(=O)OC(C)(C)C)n3c2)c(C(=O)N2CCOCC2)nn1C. The number of amides is 2. The van der Waals surface area contributed by atoms with Gasteiger partial charge in [0.15, 0.2) is 5.69 Å². The molecule has 1 saturated heterocycles. The lowest BCUT2D eigenvalue weighted by molar-refractivity contribution is 0.0297. The van der Waals surface area contributed by atoms with E-state index in [1.807, 2.05) is 57.5 Å². The highest BCUT2D eigenvalue weighted by Gasteiger charge is 2.26. The summed E-state index contributed by atoms with van der Waals surface area (Å²) in [7, 11) is 1.81. The maximum atomic E-state index is 14.4. The van der Waals surface area contributed by atoms with Crippen LogP contribution in [0.1, 0.15) is 48.2 Å². The fraction of sp³-hybridized carbons (Fsp3) is 0.438. The van der Waals surface area contributed by atoms with E-state index in [2.05, 4.69) is 15.4 Å². The van der Waals surface area contributed by atoms with Crippen molar-refractivity contribution in [1.82, 2.24) is 29.4 Å². The molecule has 5 rings (SSSR count). The van der Waals surface area contributed by atoms with E-state index >= 15 is 0 Å². The van der Waals surface area contributed by atoms with Crippen LogP contribution < -0.4 is 10.1 Å². The Bertz CT molecular complexity index is 1650. The fourth-order valence-electron chi connectivity index (χ4n) is 5.14. The quantitative estimate of drug-likeness (QED) is 0.302. The highest BCUT2D eigenvalue weighted by atomic mass is 19.1. The molecular weight excluding hydrogens is 567 g/mol. The zero-order chi connectivity index (χ0) is 31.4. The molecule has 1 fully saturated rings. The van der Waals surface area contributed by atoms with Crippen LogP contribution in [0.15, 0.2) is 42.7 Å². The molecule has 0 unspecified atom stereocenters. The zero-order valence-corrected chi connectivity index (χ0v) is 25.9. The summed E-state index contributed by atoms with van der Waals surface area (Å²) in [5.74, 6) is -0.147. The minimum absolute atomic E-state index is 0.121. The molecule has 0 bridgehead atoms. The first-order valence-electron chi connectivity index (χ1n) is 14.8. The number of carbonyl (C=O) groups excluding carboxylic acids is 2. The fourth-order valence-corrected chi connectivity index (χ4v) is 5.14. The van der Waals surface area contributed by atoms with Crippen molar-refractivity contribution in [2.45, 2.75) is 46.1 Å². The first-order valence-corrected chi connectivity index (χ1v) is 14.8. The lowest BCUT2D eigenvalue weighted by Gasteiger charge is -2.26. The Morgan fingerprint density at radius 3 is 2.64 bits per heavy atom. The van der Waals surface area contributed by atoms with Crippen LogP contribution in [-0.4, -0.2) is 81.1 Å². The molecule has 12 heteroatoms. The normalized spacial score (nSPS) is 13.7. The Labute approximate surface area is 255 Å². The number of fused-ring (bicyclic) bond motifs is 1. The highest BCUT2D eigenvalue weighted by molar-refractivity contribution is 5.94. The van der Waals surface area contributed by atoms with E-state index < -0.39 is 17.5 Å². The van der Waals surface area contributed by atoms with Crippen LogP contribution >= 0.6 is 0 Å². The van der Waals surface area contributed by atoms with Crippen LogP contribution in [0.4, 0.5) is 9.18 Å². The molecular formula is C32H39FN6O5. The Morgan fingerprint density at radius 2 is 1.89 bits per heavy atom. The number of alkyl carbamates (subject to hydrolysis) is 1. The molecule has 1 aliphatic rings. The minimum atomic E-state index is -0.573. The Kier molecular flexibility index (Phi) is 9.19. The standard InChI is InChI=1S/C32H39FN6O5/c1-21-25(29(36-37(21)5)30(40)38-13-16-42-17-14-38)11-15-43-27-18-23(33)7-8-26(27)22-6-9-28-35-19-24(39(28)20-22)10-12-34-31(41)44-32(2,3)4/h6-9,18-20H,10-17H2,1-5H3,(H,34,41). The number of aromatic nitrogens is 4. The van der Waals surface area contributed by atoms with Crippen LogP contribution in [0, 0.1) is 12.7 Å². The van der Waals surface area contributed by atoms with Gasteiger partial charge in [-0.3, -0.25) is 9.48 Å². The Hall–Kier alpha value is -4.45. The van der Waals surface area contributed by atoms with E-state index in [-0.39, 0.29) is 12.5 Å². The number of nitrogens with one attached hydrogen (secondary N) is 1. The van der Waals surface area contributed by atoms with E-state index in [0.717, 1.165) is 28.2 Å². The van der Waals surface area contributed by atoms with Crippen molar-refractivity contribution < 1.29 is 28.2 Å². The van der Waals surface area contributed by atoms with Gasteiger partial charge in [-0.05, 0) is 52.0 Å². The zero-order valence-electron chi connectivity index (χ0n) is 25.9. The number of rotatable bonds is 9. The molecule has 11 nitrogen and oxygen atoms in total. The average Bonchev–Trinajstić information content (AvgIpc) is 3.51. The molecule has 0 saturated carbocycles. The number of hydrogen-bond donors (Lipinski definition) is 1. The predicted octanol–water partition coefficient (Wildman–Crippen LogP) is 4.34. The second kappa shape index (κ2) is 13.0. The van der Waals surface area contributed by atoms with E-state index in [0.29, 0.717) is 62.7 Å². The number of nitrogens with zero attached hydrogens (tertiary/aromatic N) is 5. The molecule has 1 aromatic carbocycles. The van der Waals surface area contributed by atoms with Gasteiger partial charge in [0.2, 0.25) is 0 Å². The largest absolute Gasteiger partial charge is 0.492 e. The molecule has 3 aromatic heterocycles. The predicted molar refractivity (Wildman–Crippen MR) is 162 cm³/mol. The van der Waals surface area contributed by atoms with Gasteiger partial charge in [0.25, 0.3) is 5.91 Å². The van der Waals surface area contributed by atoms with Crippen molar-refractivity contribution in [3.63, 3.8) is 0 Å². The Morgan fingerprint density at radius 1 is 1.11 bits per heavy atom. The lowest BCUT2D eigenvalue weighted by Crippen LogP contribution is -2.41. The van der Waals surface area contributed by atoms with Gasteiger partial charge in [0, 0.05) is 86.1 Å². The van der Waals surface area contributed by atoms with E-state index in [9.17, 15) is 14.0 Å². The average molecular weight is 607 g/mol. The highest BCUT2D eigenvalue weighted by Crippen LogP contribution is 2.32. The Balaban J connectivity index is 1.31. The van der Waals surface area contributed by atoms with Crippen LogP contribution in [0.25, 0.3) is 16.8 Å². The van der Waals surface area contributed by atoms with Crippen LogP contribution in [0.3, 0.4) is 0 Å². The van der Waals surface area contributed by atoms with Crippen LogP contribution in [0.2, 0.25) is 0 Å². The summed E-state index contributed by atoms with van der Waals surface area (Å²) in [4.78, 5) is 31.5. The summed E-state index contributed by atoms with van der Waals surface area (Å²) in [6, 6.07) is 8.26. The van der Waals surface area contributed by atoms with Crippen LogP contribution in [0.5, 0.6) is 5.75 Å². The molecule has 4 heterocycles. The smallest absolute Gasteiger partial charge is 0.407 e. The summed E-state index contributed by atoms with van der Waals surface area (Å²) in [5, 5.41) is 7.27. The number of hydrogen-bond acceptors (Lipinski definition) is 7. The summed E-state index contributed by atoms with van der Waals surface area (Å²) in [5.41, 5.74) is 4.70. The maximum Gasteiger partial charge on any atom is 0.407 e. The van der Waals surface area contributed by atoms with Gasteiger partial charge in [-0.15, -0.1) is 0 Å². The van der Waals surface area contributed by atoms with Gasteiger partial charge in [0.05, 0.1) is 19.8 Å². The first kappa shape index (κ1) is 31.0. The van der Waals surface area contributed by atoms with Crippen molar-refractivity contribution in [1.29, 1.82) is 0 Å². The topological polar surface area (TPSA) is 112 Å². The third-order valence-electron chi connectivity index (χ3n) is 7.45. The minimum Gasteiger partial charge on any atom is -0.492 e. The molecule has 0 spiro atoms. The number of morpholine rings is 1. The number of pyridine rings is 1. The molecule has 2 amide bonds. The number of imidazole rings is 1. The lowest BCUT2D eigenvalue weighted by atomic mass is 10.1. The van der Waals surface area contributed by atoms with Crippen molar-refractivity contribution >= 4 is 17.6 Å². The van der Waals surface area contributed by atoms with Gasteiger partial charge >= 0.3 is 6.09 Å². The maximum absolute atomic E-state index is 14.4. The van der Waals surface area contributed by atoms with Gasteiger partial charge in [-0.2, -0.15) is 5.10 Å². The molecule has 0 radical (unpaired) electrons. The van der Waals surface area contributed by atoms with Crippen molar-refractivity contribution in [2.24, 2.45) is 7.05 Å². The first-order chi connectivity index (χ1) is 21.0. The van der Waals surface area contributed by atoms with Crippen molar-refractivity contribution in [3.05, 3.63) is 71.2 Å². The number of carbonyl (C=O) groups is 2. The second-order valence-electron chi connectivity index (χ2n) is 11.8. The number of aryl methyl sites for hydroxylation is 1. The third-order valence-corrected chi connectivity index (χ3v) is 7.45. The molecule has 1 aliphatic heterocycles. The summed E-state index contributed by atoms with van der Waals surface area (Å²) in [6.07, 6.45) is 4.18. The van der Waals surface area contributed by atoms with E-state index in [1.165, 1.54) is 12.1 Å². The van der Waals surface area contributed by atoms with Gasteiger partial charge < -0.3 is 28.8 Å². The van der Waals surface area contributed by atoms with E-state index in [4.69, 9.17) is 14.2 Å². The molecule has 0 atom stereocenters. The summed E-state index contributed by atoms with van der Waals surface area (Å²) in [6.45, 7) is 10.0. The molecule has 44 heavy (non-hydrogen) atoms. The third kappa shape index (κ3) is 7.19. The molecule has 4 aromatic rings. The van der Waals surface area contributed by atoms with Gasteiger partial charge in [-0.25, -0.2) is 14.2 Å². The monoisotopic (exact) mass is 606 g/mol. The molecule has 234 valence electrons. The van der Waals surface area contributed by atoms with Crippen molar-refractivity contribution in [3.8, 4) is 16.9 Å². The second-order valence-corrected chi connectivity index (χ2v) is 11.8.